The molecule has 1 aliphatic rings. The lowest BCUT2D eigenvalue weighted by molar-refractivity contribution is -0.388. The van der Waals surface area contributed by atoms with Crippen LogP contribution in [-0.4, -0.2) is 45.5 Å². The molecule has 12 heteroatoms. The van der Waals surface area contributed by atoms with Gasteiger partial charge in [-0.05, 0) is 55.8 Å². The summed E-state index contributed by atoms with van der Waals surface area (Å²) in [6.45, 7) is 3.30. The Bertz CT molecular complexity index is 1180. The van der Waals surface area contributed by atoms with Crippen LogP contribution in [-0.2, 0) is 16.6 Å². The van der Waals surface area contributed by atoms with Gasteiger partial charge in [-0.2, -0.15) is 4.31 Å². The molecule has 4 rings (SSSR count). The number of nitro benzene ring substituents is 1. The zero-order valence-corrected chi connectivity index (χ0v) is 18.4. The Morgan fingerprint density at radius 1 is 1.19 bits per heavy atom. The number of nitro groups is 1. The number of hydrogen-bond acceptors (Lipinski definition) is 8. The van der Waals surface area contributed by atoms with E-state index in [-0.39, 0.29) is 15.5 Å². The lowest BCUT2D eigenvalue weighted by Gasteiger charge is -2.25. The van der Waals surface area contributed by atoms with E-state index in [4.69, 9.17) is 4.42 Å². The van der Waals surface area contributed by atoms with E-state index < -0.39 is 14.9 Å². The van der Waals surface area contributed by atoms with Gasteiger partial charge in [0.1, 0.15) is 0 Å². The van der Waals surface area contributed by atoms with Crippen molar-refractivity contribution in [2.24, 2.45) is 0 Å². The van der Waals surface area contributed by atoms with Crippen LogP contribution in [0.5, 0.6) is 0 Å². The molecule has 0 aliphatic carbocycles. The van der Waals surface area contributed by atoms with Crippen molar-refractivity contribution in [2.75, 3.05) is 13.1 Å². The first kappa shape index (κ1) is 21.5. The maximum atomic E-state index is 12.9. The zero-order chi connectivity index (χ0) is 22.0. The van der Waals surface area contributed by atoms with Crippen molar-refractivity contribution in [3.63, 3.8) is 0 Å². The SMILES string of the molecule is CCn1c(Sc2ccc(S(=O)(=O)N3CCCCC3)cc2[N+](=O)[O-])nnc1-c1ccco1. The molecule has 3 heterocycles. The topological polar surface area (TPSA) is 124 Å². The molecule has 0 unspecified atom stereocenters. The van der Waals surface area contributed by atoms with E-state index in [1.165, 1.54) is 22.7 Å². The largest absolute Gasteiger partial charge is 0.461 e. The Morgan fingerprint density at radius 2 is 1.97 bits per heavy atom. The molecule has 0 bridgehead atoms. The first-order valence-electron chi connectivity index (χ1n) is 9.85. The molecule has 1 aromatic carbocycles. The standard InChI is InChI=1S/C19H21N5O5S2/c1-2-23-18(16-7-6-12-29-16)20-21-19(23)30-17-9-8-14(13-15(17)24(25)26)31(27,28)22-10-4-3-5-11-22/h6-9,12-13H,2-5,10-11H2,1H3. The number of furan rings is 1. The molecule has 3 aromatic rings. The predicted molar refractivity (Wildman–Crippen MR) is 113 cm³/mol. The van der Waals surface area contributed by atoms with Crippen LogP contribution in [0.15, 0.2) is 56.0 Å². The van der Waals surface area contributed by atoms with E-state index in [2.05, 4.69) is 10.2 Å². The lowest BCUT2D eigenvalue weighted by Crippen LogP contribution is -2.35. The van der Waals surface area contributed by atoms with E-state index in [1.54, 1.807) is 16.7 Å². The van der Waals surface area contributed by atoms with Gasteiger partial charge < -0.3 is 4.42 Å². The van der Waals surface area contributed by atoms with Crippen LogP contribution in [0.1, 0.15) is 26.2 Å². The summed E-state index contributed by atoms with van der Waals surface area (Å²) in [6, 6.07) is 7.50. The maximum Gasteiger partial charge on any atom is 0.284 e. The molecule has 1 aliphatic heterocycles. The summed E-state index contributed by atoms with van der Waals surface area (Å²) < 4.78 is 34.4. The Balaban J connectivity index is 1.68. The molecule has 0 atom stereocenters. The van der Waals surface area contributed by atoms with E-state index in [0.29, 0.717) is 36.4 Å². The minimum Gasteiger partial charge on any atom is -0.461 e. The van der Waals surface area contributed by atoms with Gasteiger partial charge in [-0.25, -0.2) is 8.42 Å². The second-order valence-corrected chi connectivity index (χ2v) is 9.93. The predicted octanol–water partition coefficient (Wildman–Crippen LogP) is 3.79. The zero-order valence-electron chi connectivity index (χ0n) is 16.8. The van der Waals surface area contributed by atoms with Gasteiger partial charge in [0, 0.05) is 25.7 Å². The summed E-state index contributed by atoms with van der Waals surface area (Å²) in [5.74, 6) is 1.06. The molecule has 1 fully saturated rings. The van der Waals surface area contributed by atoms with E-state index in [1.807, 2.05) is 6.92 Å². The van der Waals surface area contributed by atoms with Crippen molar-refractivity contribution in [2.45, 2.75) is 47.7 Å². The summed E-state index contributed by atoms with van der Waals surface area (Å²) in [6.07, 6.45) is 4.10. The number of hydrogen-bond donors (Lipinski definition) is 0. The van der Waals surface area contributed by atoms with Crippen LogP contribution in [0.2, 0.25) is 0 Å². The van der Waals surface area contributed by atoms with E-state index >= 15 is 0 Å². The summed E-state index contributed by atoms with van der Waals surface area (Å²) >= 11 is 1.06. The summed E-state index contributed by atoms with van der Waals surface area (Å²) in [7, 11) is -3.77. The fourth-order valence-corrected chi connectivity index (χ4v) is 5.99. The first-order chi connectivity index (χ1) is 14.9. The third-order valence-electron chi connectivity index (χ3n) is 5.06. The second kappa shape index (κ2) is 8.81. The van der Waals surface area contributed by atoms with Crippen LogP contribution in [0.3, 0.4) is 0 Å². The highest BCUT2D eigenvalue weighted by atomic mass is 32.2. The lowest BCUT2D eigenvalue weighted by atomic mass is 10.2. The molecule has 0 saturated carbocycles. The van der Waals surface area contributed by atoms with Crippen molar-refractivity contribution in [1.82, 2.24) is 19.1 Å². The second-order valence-electron chi connectivity index (χ2n) is 6.98. The molecule has 0 N–H and O–H groups in total. The number of sulfonamides is 1. The molecule has 0 radical (unpaired) electrons. The van der Waals surface area contributed by atoms with Crippen molar-refractivity contribution in [1.29, 1.82) is 0 Å². The van der Waals surface area contributed by atoms with Gasteiger partial charge in [0.05, 0.1) is 21.0 Å². The molecular formula is C19H21N5O5S2. The molecule has 0 spiro atoms. The summed E-state index contributed by atoms with van der Waals surface area (Å²) in [5, 5.41) is 20.5. The molecule has 10 nitrogen and oxygen atoms in total. The minimum absolute atomic E-state index is 0.0707. The summed E-state index contributed by atoms with van der Waals surface area (Å²) in [5.41, 5.74) is -0.284. The van der Waals surface area contributed by atoms with Gasteiger partial charge in [0.2, 0.25) is 10.0 Å². The maximum absolute atomic E-state index is 12.9. The summed E-state index contributed by atoms with van der Waals surface area (Å²) in [4.78, 5) is 11.4. The molecule has 0 amide bonds. The van der Waals surface area contributed by atoms with Crippen LogP contribution in [0, 0.1) is 10.1 Å². The molecular weight excluding hydrogens is 442 g/mol. The highest BCUT2D eigenvalue weighted by molar-refractivity contribution is 7.99. The average Bonchev–Trinajstić information content (AvgIpc) is 3.44. The third-order valence-corrected chi connectivity index (χ3v) is 8.00. The molecule has 1 saturated heterocycles. The number of rotatable bonds is 7. The fourth-order valence-electron chi connectivity index (χ4n) is 3.48. The Kier molecular flexibility index (Phi) is 6.12. The van der Waals surface area contributed by atoms with Gasteiger partial charge in [-0.15, -0.1) is 10.2 Å². The first-order valence-corrected chi connectivity index (χ1v) is 12.1. The molecule has 31 heavy (non-hydrogen) atoms. The van der Waals surface area contributed by atoms with Gasteiger partial charge >= 0.3 is 0 Å². The van der Waals surface area contributed by atoms with Crippen molar-refractivity contribution in [3.8, 4) is 11.6 Å². The van der Waals surface area contributed by atoms with Gasteiger partial charge in [0.15, 0.2) is 16.7 Å². The number of piperidine rings is 1. The Hall–Kier alpha value is -2.70. The van der Waals surface area contributed by atoms with Crippen molar-refractivity contribution < 1.29 is 17.8 Å². The Morgan fingerprint density at radius 3 is 2.61 bits per heavy atom. The highest BCUT2D eigenvalue weighted by Crippen LogP contribution is 2.37. The van der Waals surface area contributed by atoms with Gasteiger partial charge in [-0.3, -0.25) is 14.7 Å². The van der Waals surface area contributed by atoms with E-state index in [0.717, 1.165) is 37.1 Å². The monoisotopic (exact) mass is 463 g/mol. The van der Waals surface area contributed by atoms with Crippen LogP contribution in [0.25, 0.3) is 11.6 Å². The third kappa shape index (κ3) is 4.23. The van der Waals surface area contributed by atoms with Crippen LogP contribution < -0.4 is 0 Å². The highest BCUT2D eigenvalue weighted by Gasteiger charge is 2.29. The smallest absolute Gasteiger partial charge is 0.284 e. The van der Waals surface area contributed by atoms with Gasteiger partial charge in [-0.1, -0.05) is 6.42 Å². The quantitative estimate of drug-likeness (QED) is 0.383. The normalized spacial score (nSPS) is 15.3. The molecule has 2 aromatic heterocycles. The Labute approximate surface area is 183 Å². The van der Waals surface area contributed by atoms with Crippen LogP contribution >= 0.6 is 11.8 Å². The van der Waals surface area contributed by atoms with Crippen LogP contribution in [0.4, 0.5) is 5.69 Å². The number of aromatic nitrogens is 3. The van der Waals surface area contributed by atoms with E-state index in [9.17, 15) is 18.5 Å². The average molecular weight is 464 g/mol. The molecule has 164 valence electrons. The minimum atomic E-state index is -3.77. The van der Waals surface area contributed by atoms with Gasteiger partial charge in [0.25, 0.3) is 5.69 Å². The van der Waals surface area contributed by atoms with Crippen molar-refractivity contribution >= 4 is 27.5 Å². The number of benzene rings is 1. The fraction of sp³-hybridized carbons (Fsp3) is 0.368. The number of nitrogens with zero attached hydrogens (tertiary/aromatic N) is 5. The van der Waals surface area contributed by atoms with Crippen molar-refractivity contribution in [3.05, 3.63) is 46.7 Å².